The number of carbonyl (C=O) groups excluding carboxylic acids is 1. The van der Waals surface area contributed by atoms with E-state index in [-0.39, 0.29) is 12.2 Å². The van der Waals surface area contributed by atoms with Crippen LogP contribution in [0.2, 0.25) is 10.0 Å². The molecule has 1 atom stereocenters. The molecule has 2 aromatic rings. The first-order chi connectivity index (χ1) is 14.0. The first-order valence-electron chi connectivity index (χ1n) is 9.72. The van der Waals surface area contributed by atoms with E-state index in [1.807, 2.05) is 18.2 Å². The number of benzene rings is 2. The van der Waals surface area contributed by atoms with Gasteiger partial charge in [-0.3, -0.25) is 4.79 Å². The van der Waals surface area contributed by atoms with E-state index in [0.29, 0.717) is 29.2 Å². The number of aliphatic hydroxyl groups is 1. The van der Waals surface area contributed by atoms with Crippen LogP contribution in [0.4, 0.5) is 0 Å². The highest BCUT2D eigenvalue weighted by atomic mass is 35.5. The summed E-state index contributed by atoms with van der Waals surface area (Å²) >= 11 is 12.0. The van der Waals surface area contributed by atoms with Gasteiger partial charge in [0.1, 0.15) is 29.8 Å². The Kier molecular flexibility index (Phi) is 6.02. The summed E-state index contributed by atoms with van der Waals surface area (Å²) in [4.78, 5) is 13.4. The van der Waals surface area contributed by atoms with E-state index in [2.05, 4.69) is 4.90 Å². The van der Waals surface area contributed by atoms with Crippen LogP contribution in [-0.4, -0.2) is 54.2 Å². The summed E-state index contributed by atoms with van der Waals surface area (Å²) in [5.74, 6) is 1.36. The van der Waals surface area contributed by atoms with Crippen molar-refractivity contribution in [3.05, 3.63) is 57.6 Å². The van der Waals surface area contributed by atoms with E-state index in [1.165, 1.54) is 5.56 Å². The van der Waals surface area contributed by atoms with Gasteiger partial charge in [-0.15, -0.1) is 0 Å². The number of halogens is 2. The van der Waals surface area contributed by atoms with E-state index in [0.717, 1.165) is 43.1 Å². The molecule has 2 aromatic carbocycles. The molecule has 0 amide bonds. The van der Waals surface area contributed by atoms with Gasteiger partial charge in [-0.05, 0) is 42.0 Å². The second-order valence-electron chi connectivity index (χ2n) is 7.78. The highest BCUT2D eigenvalue weighted by molar-refractivity contribution is 6.31. The highest BCUT2D eigenvalue weighted by Gasteiger charge is 2.42. The SMILES string of the molecule is O=Cc1cc(Cl)ccc1OC[C@H](O)CN1CCC2(CC1)Cc1cc(Cl)ccc1O2. The zero-order chi connectivity index (χ0) is 20.4. The first-order valence-corrected chi connectivity index (χ1v) is 10.5. The van der Waals surface area contributed by atoms with Crippen molar-refractivity contribution in [2.75, 3.05) is 26.2 Å². The number of piperidine rings is 1. The molecule has 0 unspecified atom stereocenters. The Morgan fingerprint density at radius 1 is 1.17 bits per heavy atom. The third kappa shape index (κ3) is 4.69. The van der Waals surface area contributed by atoms with Crippen LogP contribution in [0, 0.1) is 0 Å². The minimum Gasteiger partial charge on any atom is -0.490 e. The van der Waals surface area contributed by atoms with Crippen LogP contribution in [-0.2, 0) is 6.42 Å². The summed E-state index contributed by atoms with van der Waals surface area (Å²) in [6, 6.07) is 10.7. The summed E-state index contributed by atoms with van der Waals surface area (Å²) in [6.07, 6.45) is 2.73. The zero-order valence-corrected chi connectivity index (χ0v) is 17.5. The van der Waals surface area contributed by atoms with Gasteiger partial charge in [0.15, 0.2) is 6.29 Å². The quantitative estimate of drug-likeness (QED) is 0.694. The standard InChI is InChI=1S/C22H23Cl2NO4/c23-17-2-4-21-15(9-17)11-22(29-21)5-7-25(8-6-22)12-19(27)14-28-20-3-1-18(24)10-16(20)13-26/h1-4,9-10,13,19,27H,5-8,11-12,14H2/t19-/m1/s1. The summed E-state index contributed by atoms with van der Waals surface area (Å²) < 4.78 is 11.9. The van der Waals surface area contributed by atoms with E-state index < -0.39 is 6.10 Å². The summed E-state index contributed by atoms with van der Waals surface area (Å²) in [5.41, 5.74) is 1.39. The number of ether oxygens (including phenoxy) is 2. The smallest absolute Gasteiger partial charge is 0.153 e. The van der Waals surface area contributed by atoms with E-state index >= 15 is 0 Å². The van der Waals surface area contributed by atoms with Crippen molar-refractivity contribution in [1.82, 2.24) is 4.90 Å². The second-order valence-corrected chi connectivity index (χ2v) is 8.65. The largest absolute Gasteiger partial charge is 0.490 e. The molecule has 1 N–H and O–H groups in total. The van der Waals surface area contributed by atoms with Crippen molar-refractivity contribution >= 4 is 29.5 Å². The van der Waals surface area contributed by atoms with Gasteiger partial charge in [-0.25, -0.2) is 0 Å². The average molecular weight is 436 g/mol. The van der Waals surface area contributed by atoms with Crippen LogP contribution < -0.4 is 9.47 Å². The summed E-state index contributed by atoms with van der Waals surface area (Å²) in [5, 5.41) is 11.6. The molecule has 1 saturated heterocycles. The number of hydrogen-bond acceptors (Lipinski definition) is 5. The Bertz CT molecular complexity index is 896. The topological polar surface area (TPSA) is 59.0 Å². The maximum Gasteiger partial charge on any atom is 0.153 e. The average Bonchev–Trinajstić information content (AvgIpc) is 3.05. The fourth-order valence-corrected chi connectivity index (χ4v) is 4.48. The van der Waals surface area contributed by atoms with Crippen molar-refractivity contribution in [2.45, 2.75) is 31.0 Å². The molecule has 0 saturated carbocycles. The van der Waals surface area contributed by atoms with Crippen molar-refractivity contribution in [3.63, 3.8) is 0 Å². The molecule has 1 fully saturated rings. The lowest BCUT2D eigenvalue weighted by Gasteiger charge is -2.39. The fourth-order valence-electron chi connectivity index (χ4n) is 4.10. The lowest BCUT2D eigenvalue weighted by Crippen LogP contribution is -2.49. The first kappa shape index (κ1) is 20.5. The number of carbonyl (C=O) groups is 1. The minimum atomic E-state index is -0.653. The number of likely N-dealkylation sites (tertiary alicyclic amines) is 1. The lowest BCUT2D eigenvalue weighted by molar-refractivity contribution is -0.00198. The van der Waals surface area contributed by atoms with Gasteiger partial charge in [0.05, 0.1) is 5.56 Å². The Morgan fingerprint density at radius 3 is 2.66 bits per heavy atom. The third-order valence-electron chi connectivity index (χ3n) is 5.63. The van der Waals surface area contributed by atoms with E-state index in [9.17, 15) is 9.90 Å². The molecule has 0 radical (unpaired) electrons. The number of fused-ring (bicyclic) bond motifs is 1. The number of β-amino-alcohol motifs (C(OH)–C–C–N with tert-alkyl or cyclic N) is 1. The van der Waals surface area contributed by atoms with Gasteiger partial charge in [0.25, 0.3) is 0 Å². The fraction of sp³-hybridized carbons (Fsp3) is 0.409. The van der Waals surface area contributed by atoms with E-state index in [1.54, 1.807) is 18.2 Å². The Morgan fingerprint density at radius 2 is 1.90 bits per heavy atom. The van der Waals surface area contributed by atoms with Gasteiger partial charge in [-0.2, -0.15) is 0 Å². The molecule has 5 nitrogen and oxygen atoms in total. The lowest BCUT2D eigenvalue weighted by atomic mass is 9.87. The van der Waals surface area contributed by atoms with Crippen molar-refractivity contribution in [1.29, 1.82) is 0 Å². The molecule has 1 spiro atoms. The molecule has 0 aromatic heterocycles. The van der Waals surface area contributed by atoms with Crippen LogP contribution in [0.1, 0.15) is 28.8 Å². The predicted molar refractivity (Wildman–Crippen MR) is 113 cm³/mol. The molecular formula is C22H23Cl2NO4. The monoisotopic (exact) mass is 435 g/mol. The number of nitrogens with zero attached hydrogens (tertiary/aromatic N) is 1. The number of hydrogen-bond donors (Lipinski definition) is 1. The third-order valence-corrected chi connectivity index (χ3v) is 6.10. The summed E-state index contributed by atoms with van der Waals surface area (Å²) in [6.45, 7) is 2.32. The van der Waals surface area contributed by atoms with Crippen molar-refractivity contribution < 1.29 is 19.4 Å². The number of aldehydes is 1. The summed E-state index contributed by atoms with van der Waals surface area (Å²) in [7, 11) is 0. The number of aliphatic hydroxyl groups excluding tert-OH is 1. The molecule has 2 aliphatic rings. The molecule has 4 rings (SSSR count). The second kappa shape index (κ2) is 8.52. The maximum absolute atomic E-state index is 11.1. The van der Waals surface area contributed by atoms with Gasteiger partial charge in [0.2, 0.25) is 0 Å². The van der Waals surface area contributed by atoms with Crippen LogP contribution in [0.3, 0.4) is 0 Å². The predicted octanol–water partition coefficient (Wildman–Crippen LogP) is 4.02. The van der Waals surface area contributed by atoms with Crippen LogP contribution in [0.25, 0.3) is 0 Å². The molecule has 154 valence electrons. The Hall–Kier alpha value is -1.79. The van der Waals surface area contributed by atoms with Gasteiger partial charge in [0, 0.05) is 48.9 Å². The number of rotatable bonds is 6. The molecule has 0 aliphatic carbocycles. The van der Waals surface area contributed by atoms with Gasteiger partial charge < -0.3 is 19.5 Å². The molecule has 29 heavy (non-hydrogen) atoms. The minimum absolute atomic E-state index is 0.116. The van der Waals surface area contributed by atoms with Crippen LogP contribution in [0.5, 0.6) is 11.5 Å². The van der Waals surface area contributed by atoms with Crippen LogP contribution >= 0.6 is 23.2 Å². The maximum atomic E-state index is 11.1. The molecule has 0 bridgehead atoms. The highest BCUT2D eigenvalue weighted by Crippen LogP contribution is 2.41. The van der Waals surface area contributed by atoms with E-state index in [4.69, 9.17) is 32.7 Å². The van der Waals surface area contributed by atoms with Gasteiger partial charge >= 0.3 is 0 Å². The molecule has 2 aliphatic heterocycles. The van der Waals surface area contributed by atoms with Crippen molar-refractivity contribution in [2.24, 2.45) is 0 Å². The van der Waals surface area contributed by atoms with Gasteiger partial charge in [-0.1, -0.05) is 23.2 Å². The zero-order valence-electron chi connectivity index (χ0n) is 15.9. The molecular weight excluding hydrogens is 413 g/mol. The molecule has 2 heterocycles. The Labute approximate surface area is 180 Å². The van der Waals surface area contributed by atoms with Crippen LogP contribution in [0.15, 0.2) is 36.4 Å². The normalized spacial score (nSPS) is 18.9. The van der Waals surface area contributed by atoms with Crippen molar-refractivity contribution in [3.8, 4) is 11.5 Å². The Balaban J connectivity index is 1.26. The molecule has 7 heteroatoms.